The molecule has 8 heteroatoms. The summed E-state index contributed by atoms with van der Waals surface area (Å²) in [5, 5.41) is 9.81. The number of aliphatic hydroxyl groups is 1. The number of rotatable bonds is 10. The van der Waals surface area contributed by atoms with Gasteiger partial charge in [0.05, 0.1) is 29.7 Å². The van der Waals surface area contributed by atoms with Crippen LogP contribution in [0.1, 0.15) is 34.3 Å². The predicted molar refractivity (Wildman–Crippen MR) is 126 cm³/mol. The van der Waals surface area contributed by atoms with Gasteiger partial charge in [0.1, 0.15) is 6.61 Å². The van der Waals surface area contributed by atoms with Gasteiger partial charge in [-0.2, -0.15) is 0 Å². The first kappa shape index (κ1) is 24.0. The van der Waals surface area contributed by atoms with Crippen LogP contribution in [0.3, 0.4) is 0 Å². The van der Waals surface area contributed by atoms with Crippen LogP contribution in [0.2, 0.25) is 0 Å². The standard InChI is InChI=1S/C24H30N2O5S/c1-26(32(2,29)30)22-13-20(11-10-18-8-9-18)12-21(14-22)23(28)31-17-24(25,16-27)15-19-6-4-3-5-7-19/h3-7,10-14,18,27H,8-9,15-17,25H2,1-2H3/b11-10-. The average molecular weight is 459 g/mol. The van der Waals surface area contributed by atoms with Crippen molar-refractivity contribution in [3.63, 3.8) is 0 Å². The van der Waals surface area contributed by atoms with Gasteiger partial charge in [0.2, 0.25) is 10.0 Å². The van der Waals surface area contributed by atoms with Crippen molar-refractivity contribution in [2.24, 2.45) is 11.7 Å². The first-order chi connectivity index (χ1) is 15.1. The van der Waals surface area contributed by atoms with E-state index in [1.165, 1.54) is 13.1 Å². The summed E-state index contributed by atoms with van der Waals surface area (Å²) in [7, 11) is -2.07. The summed E-state index contributed by atoms with van der Waals surface area (Å²) in [5.41, 5.74) is 7.36. The lowest BCUT2D eigenvalue weighted by atomic mass is 9.93. The maximum atomic E-state index is 12.8. The summed E-state index contributed by atoms with van der Waals surface area (Å²) < 4.78 is 30.6. The molecule has 3 rings (SSSR count). The van der Waals surface area contributed by atoms with E-state index in [1.807, 2.05) is 36.4 Å². The number of nitrogens with zero attached hydrogens (tertiary/aromatic N) is 1. The van der Waals surface area contributed by atoms with Crippen molar-refractivity contribution in [1.82, 2.24) is 0 Å². The summed E-state index contributed by atoms with van der Waals surface area (Å²) in [6.07, 6.45) is 7.66. The van der Waals surface area contributed by atoms with Crippen LogP contribution in [0.15, 0.2) is 54.6 Å². The van der Waals surface area contributed by atoms with E-state index in [2.05, 4.69) is 6.08 Å². The van der Waals surface area contributed by atoms with Crippen molar-refractivity contribution < 1.29 is 23.1 Å². The van der Waals surface area contributed by atoms with Crippen molar-refractivity contribution in [2.45, 2.75) is 24.8 Å². The van der Waals surface area contributed by atoms with Crippen molar-refractivity contribution >= 4 is 27.8 Å². The Morgan fingerprint density at radius 3 is 2.53 bits per heavy atom. The molecule has 0 bridgehead atoms. The van der Waals surface area contributed by atoms with Gasteiger partial charge in [-0.25, -0.2) is 13.2 Å². The molecule has 2 aromatic rings. The lowest BCUT2D eigenvalue weighted by Gasteiger charge is -2.27. The minimum Gasteiger partial charge on any atom is -0.460 e. The van der Waals surface area contributed by atoms with E-state index in [1.54, 1.807) is 12.1 Å². The van der Waals surface area contributed by atoms with Gasteiger partial charge in [-0.05, 0) is 54.5 Å². The van der Waals surface area contributed by atoms with Crippen molar-refractivity contribution in [3.05, 3.63) is 71.3 Å². The number of anilines is 1. The van der Waals surface area contributed by atoms with Crippen molar-refractivity contribution in [1.29, 1.82) is 0 Å². The molecule has 0 radical (unpaired) electrons. The van der Waals surface area contributed by atoms with Gasteiger partial charge in [0.25, 0.3) is 0 Å². The van der Waals surface area contributed by atoms with E-state index in [9.17, 15) is 18.3 Å². The maximum absolute atomic E-state index is 12.8. The first-order valence-corrected chi connectivity index (χ1v) is 12.3. The van der Waals surface area contributed by atoms with Crippen LogP contribution in [-0.4, -0.2) is 51.5 Å². The summed E-state index contributed by atoms with van der Waals surface area (Å²) in [5.74, 6) is -0.103. The molecule has 172 valence electrons. The molecule has 1 fully saturated rings. The summed E-state index contributed by atoms with van der Waals surface area (Å²) in [4.78, 5) is 12.8. The molecule has 0 saturated heterocycles. The minimum absolute atomic E-state index is 0.184. The predicted octanol–water partition coefficient (Wildman–Crippen LogP) is 2.59. The minimum atomic E-state index is -3.50. The number of allylic oxidation sites excluding steroid dienone is 1. The third-order valence-corrected chi connectivity index (χ3v) is 6.63. The highest BCUT2D eigenvalue weighted by Gasteiger charge is 2.27. The Labute approximate surface area is 189 Å². The van der Waals surface area contributed by atoms with Gasteiger partial charge in [0, 0.05) is 7.05 Å². The number of carbonyl (C=O) groups excluding carboxylic acids is 1. The largest absolute Gasteiger partial charge is 0.460 e. The van der Waals surface area contributed by atoms with Gasteiger partial charge in [0.15, 0.2) is 0 Å². The van der Waals surface area contributed by atoms with Crippen LogP contribution in [0.25, 0.3) is 6.08 Å². The molecule has 7 nitrogen and oxygen atoms in total. The zero-order valence-electron chi connectivity index (χ0n) is 18.4. The molecule has 1 aliphatic carbocycles. The van der Waals surface area contributed by atoms with Gasteiger partial charge >= 0.3 is 5.97 Å². The van der Waals surface area contributed by atoms with Crippen LogP contribution in [0.5, 0.6) is 0 Å². The molecule has 0 aromatic heterocycles. The topological polar surface area (TPSA) is 110 Å². The van der Waals surface area contributed by atoms with Gasteiger partial charge < -0.3 is 15.6 Å². The van der Waals surface area contributed by atoms with Crippen LogP contribution < -0.4 is 10.0 Å². The smallest absolute Gasteiger partial charge is 0.338 e. The molecule has 32 heavy (non-hydrogen) atoms. The van der Waals surface area contributed by atoms with Gasteiger partial charge in [-0.3, -0.25) is 4.31 Å². The van der Waals surface area contributed by atoms with E-state index in [0.717, 1.165) is 29.0 Å². The molecule has 0 aliphatic heterocycles. The average Bonchev–Trinajstić information content (AvgIpc) is 3.60. The number of aliphatic hydroxyl groups excluding tert-OH is 1. The quantitative estimate of drug-likeness (QED) is 0.530. The lowest BCUT2D eigenvalue weighted by Crippen LogP contribution is -2.50. The number of ether oxygens (including phenoxy) is 1. The summed E-state index contributed by atoms with van der Waals surface area (Å²) in [6, 6.07) is 14.3. The Morgan fingerprint density at radius 1 is 1.25 bits per heavy atom. The summed E-state index contributed by atoms with van der Waals surface area (Å²) >= 11 is 0. The molecule has 1 atom stereocenters. The summed E-state index contributed by atoms with van der Waals surface area (Å²) in [6.45, 7) is -0.544. The zero-order valence-corrected chi connectivity index (χ0v) is 19.2. The Morgan fingerprint density at radius 2 is 1.94 bits per heavy atom. The number of benzene rings is 2. The molecule has 2 aromatic carbocycles. The highest BCUT2D eigenvalue weighted by atomic mass is 32.2. The Kier molecular flexibility index (Phi) is 7.38. The monoisotopic (exact) mass is 458 g/mol. The Bertz CT molecular complexity index is 1080. The molecule has 3 N–H and O–H groups in total. The SMILES string of the molecule is CN(c1cc(/C=C\C2CC2)cc(C(=O)OCC(N)(CO)Cc2ccccc2)c1)S(C)(=O)=O. The van der Waals surface area contributed by atoms with Gasteiger partial charge in [-0.1, -0.05) is 42.5 Å². The maximum Gasteiger partial charge on any atom is 0.338 e. The van der Waals surface area contributed by atoms with Crippen molar-refractivity contribution in [3.8, 4) is 0 Å². The highest BCUT2D eigenvalue weighted by Crippen LogP contribution is 2.31. The second kappa shape index (κ2) is 9.85. The molecular formula is C24H30N2O5S. The number of carbonyl (C=O) groups is 1. The number of hydrogen-bond donors (Lipinski definition) is 2. The van der Waals surface area contributed by atoms with E-state index < -0.39 is 21.5 Å². The van der Waals surface area contributed by atoms with E-state index in [4.69, 9.17) is 10.5 Å². The van der Waals surface area contributed by atoms with Gasteiger partial charge in [-0.15, -0.1) is 0 Å². The fraction of sp³-hybridized carbons (Fsp3) is 0.375. The molecule has 1 saturated carbocycles. The normalized spacial score (nSPS) is 16.0. The van der Waals surface area contributed by atoms with Crippen LogP contribution in [0, 0.1) is 5.92 Å². The first-order valence-electron chi connectivity index (χ1n) is 10.5. The third kappa shape index (κ3) is 6.66. The van der Waals surface area contributed by atoms with Crippen LogP contribution in [-0.2, 0) is 21.2 Å². The van der Waals surface area contributed by atoms with Crippen LogP contribution in [0.4, 0.5) is 5.69 Å². The number of hydrogen-bond acceptors (Lipinski definition) is 6. The Hall–Kier alpha value is -2.68. The number of esters is 1. The highest BCUT2D eigenvalue weighted by molar-refractivity contribution is 7.92. The number of sulfonamides is 1. The zero-order chi connectivity index (χ0) is 23.4. The van der Waals surface area contributed by atoms with E-state index in [-0.39, 0.29) is 18.8 Å². The number of nitrogens with two attached hydrogens (primary N) is 1. The van der Waals surface area contributed by atoms with E-state index in [0.29, 0.717) is 23.6 Å². The van der Waals surface area contributed by atoms with Crippen molar-refractivity contribution in [2.75, 3.05) is 30.8 Å². The third-order valence-electron chi connectivity index (χ3n) is 5.42. The van der Waals surface area contributed by atoms with Crippen LogP contribution >= 0.6 is 0 Å². The second-order valence-corrected chi connectivity index (χ2v) is 10.5. The fourth-order valence-electron chi connectivity index (χ4n) is 3.21. The molecule has 1 unspecified atom stereocenters. The molecule has 0 amide bonds. The molecule has 0 heterocycles. The van der Waals surface area contributed by atoms with E-state index >= 15 is 0 Å². The molecule has 0 spiro atoms. The second-order valence-electron chi connectivity index (χ2n) is 8.50. The Balaban J connectivity index is 1.80. The fourth-order valence-corrected chi connectivity index (χ4v) is 3.69. The lowest BCUT2D eigenvalue weighted by molar-refractivity contribution is 0.0331. The molecular weight excluding hydrogens is 428 g/mol. The molecule has 1 aliphatic rings.